The van der Waals surface area contributed by atoms with Crippen molar-refractivity contribution in [2.45, 2.75) is 31.8 Å². The third kappa shape index (κ3) is 3.80. The van der Waals surface area contributed by atoms with Gasteiger partial charge < -0.3 is 10.2 Å². The summed E-state index contributed by atoms with van der Waals surface area (Å²) < 4.78 is 1.37. The number of nitrogens with one attached hydrogen (secondary N) is 1. The third-order valence-electron chi connectivity index (χ3n) is 6.17. The number of halogens is 1. The minimum atomic E-state index is -0.371. The van der Waals surface area contributed by atoms with Crippen molar-refractivity contribution in [2.75, 3.05) is 26.2 Å². The van der Waals surface area contributed by atoms with E-state index in [1.807, 2.05) is 23.5 Å². The molecule has 3 heterocycles. The van der Waals surface area contributed by atoms with Gasteiger partial charge in [-0.1, -0.05) is 35.9 Å². The predicted molar refractivity (Wildman–Crippen MR) is 120 cm³/mol. The lowest BCUT2D eigenvalue weighted by Gasteiger charge is -2.43. The molecule has 3 aliphatic rings. The molecule has 5 nitrogen and oxygen atoms in total. The molecule has 2 aliphatic heterocycles. The van der Waals surface area contributed by atoms with Gasteiger partial charge in [0.25, 0.3) is 0 Å². The molecule has 1 aromatic heterocycles. The summed E-state index contributed by atoms with van der Waals surface area (Å²) in [6, 6.07) is 7.70. The molecule has 2 saturated heterocycles. The summed E-state index contributed by atoms with van der Waals surface area (Å²) >= 11 is 7.94. The van der Waals surface area contributed by atoms with E-state index in [2.05, 4.69) is 34.5 Å². The van der Waals surface area contributed by atoms with Gasteiger partial charge in [-0.05, 0) is 41.3 Å². The van der Waals surface area contributed by atoms with Gasteiger partial charge in [-0.3, -0.25) is 14.5 Å². The molecular weight excluding hydrogens is 418 g/mol. The number of amides is 2. The Labute approximate surface area is 184 Å². The predicted octanol–water partition coefficient (Wildman–Crippen LogP) is 1.49. The molecule has 156 valence electrons. The van der Waals surface area contributed by atoms with Gasteiger partial charge in [0.15, 0.2) is 0 Å². The van der Waals surface area contributed by atoms with Crippen LogP contribution in [0.1, 0.15) is 28.8 Å². The van der Waals surface area contributed by atoms with Crippen molar-refractivity contribution in [3.05, 3.63) is 55.0 Å². The number of hydrogen-bond acceptors (Lipinski definition) is 4. The van der Waals surface area contributed by atoms with E-state index in [9.17, 15) is 9.59 Å². The Morgan fingerprint density at radius 3 is 2.73 bits per heavy atom. The lowest BCUT2D eigenvalue weighted by molar-refractivity contribution is -0.149. The molecule has 1 aromatic carbocycles. The first-order valence-electron chi connectivity index (χ1n) is 10.4. The summed E-state index contributed by atoms with van der Waals surface area (Å²) in [7, 11) is 0. The average Bonchev–Trinajstić information content (AvgIpc) is 3.09. The summed E-state index contributed by atoms with van der Waals surface area (Å²) in [5.74, 6) is -0.00791. The Morgan fingerprint density at radius 1 is 1.10 bits per heavy atom. The SMILES string of the molecule is O=C1NCC(=O)N2CCN(Cc3c(Cc4ccc(Cl)cc4)sc4c3=CCCC=4)CC12. The fourth-order valence-corrected chi connectivity index (χ4v) is 6.03. The number of benzene rings is 1. The van der Waals surface area contributed by atoms with Crippen LogP contribution in [0.15, 0.2) is 24.3 Å². The number of nitrogens with zero attached hydrogens (tertiary/aromatic N) is 2. The largest absolute Gasteiger partial charge is 0.345 e. The Bertz CT molecular complexity index is 1110. The van der Waals surface area contributed by atoms with Crippen LogP contribution in [0.4, 0.5) is 0 Å². The summed E-state index contributed by atoms with van der Waals surface area (Å²) in [6.45, 7) is 2.94. The summed E-state index contributed by atoms with van der Waals surface area (Å²) in [5, 5.41) is 4.85. The molecule has 30 heavy (non-hydrogen) atoms. The van der Waals surface area contributed by atoms with Gasteiger partial charge in [0.2, 0.25) is 11.8 Å². The van der Waals surface area contributed by atoms with Crippen LogP contribution in [0.25, 0.3) is 12.2 Å². The van der Waals surface area contributed by atoms with Crippen molar-refractivity contribution < 1.29 is 9.59 Å². The van der Waals surface area contributed by atoms with Crippen LogP contribution in [-0.4, -0.2) is 53.8 Å². The van der Waals surface area contributed by atoms with Gasteiger partial charge in [0, 0.05) is 47.0 Å². The normalized spacial score (nSPS) is 21.4. The Morgan fingerprint density at radius 2 is 1.90 bits per heavy atom. The van der Waals surface area contributed by atoms with Crippen LogP contribution < -0.4 is 15.1 Å². The molecule has 5 rings (SSSR count). The van der Waals surface area contributed by atoms with Crippen LogP contribution in [0.2, 0.25) is 5.02 Å². The van der Waals surface area contributed by atoms with Gasteiger partial charge in [-0.2, -0.15) is 0 Å². The van der Waals surface area contributed by atoms with Crippen LogP contribution in [-0.2, 0) is 22.6 Å². The highest BCUT2D eigenvalue weighted by Gasteiger charge is 2.38. The van der Waals surface area contributed by atoms with Crippen molar-refractivity contribution >= 4 is 46.9 Å². The van der Waals surface area contributed by atoms with Crippen LogP contribution >= 0.6 is 22.9 Å². The zero-order valence-corrected chi connectivity index (χ0v) is 18.3. The molecule has 1 atom stereocenters. The molecule has 0 radical (unpaired) electrons. The number of piperazine rings is 2. The zero-order chi connectivity index (χ0) is 20.7. The third-order valence-corrected chi connectivity index (χ3v) is 7.66. The molecular formula is C23H24ClN3O2S. The van der Waals surface area contributed by atoms with E-state index in [0.29, 0.717) is 13.1 Å². The first-order chi connectivity index (χ1) is 14.6. The first kappa shape index (κ1) is 19.8. The number of thiophene rings is 1. The van der Waals surface area contributed by atoms with Crippen molar-refractivity contribution in [2.24, 2.45) is 0 Å². The van der Waals surface area contributed by atoms with Gasteiger partial charge >= 0.3 is 0 Å². The maximum absolute atomic E-state index is 12.3. The topological polar surface area (TPSA) is 52.7 Å². The van der Waals surface area contributed by atoms with Gasteiger partial charge in [0.05, 0.1) is 6.54 Å². The minimum absolute atomic E-state index is 0.0264. The Hall–Kier alpha value is -2.15. The van der Waals surface area contributed by atoms with Crippen molar-refractivity contribution in [3.63, 3.8) is 0 Å². The molecule has 1 unspecified atom stereocenters. The van der Waals surface area contributed by atoms with E-state index in [-0.39, 0.29) is 24.4 Å². The number of rotatable bonds is 4. The molecule has 2 aromatic rings. The lowest BCUT2D eigenvalue weighted by atomic mass is 10.0. The van der Waals surface area contributed by atoms with Crippen LogP contribution in [0.5, 0.6) is 0 Å². The molecule has 7 heteroatoms. The highest BCUT2D eigenvalue weighted by Crippen LogP contribution is 2.22. The summed E-state index contributed by atoms with van der Waals surface area (Å²) in [6.07, 6.45) is 7.76. The van der Waals surface area contributed by atoms with E-state index in [1.54, 1.807) is 4.90 Å². The van der Waals surface area contributed by atoms with E-state index < -0.39 is 0 Å². The number of fused-ring (bicyclic) bond motifs is 2. The van der Waals surface area contributed by atoms with Gasteiger partial charge in [-0.15, -0.1) is 11.3 Å². The second-order valence-electron chi connectivity index (χ2n) is 8.13. The van der Waals surface area contributed by atoms with Crippen molar-refractivity contribution in [1.29, 1.82) is 0 Å². The number of hydrogen-bond donors (Lipinski definition) is 1. The van der Waals surface area contributed by atoms with Crippen LogP contribution in [0.3, 0.4) is 0 Å². The fourth-order valence-electron chi connectivity index (χ4n) is 4.58. The van der Waals surface area contributed by atoms with E-state index in [1.165, 1.54) is 25.8 Å². The molecule has 1 aliphatic carbocycles. The molecule has 0 bridgehead atoms. The first-order valence-corrected chi connectivity index (χ1v) is 11.6. The second kappa shape index (κ2) is 8.17. The van der Waals surface area contributed by atoms with Crippen molar-refractivity contribution in [1.82, 2.24) is 15.1 Å². The second-order valence-corrected chi connectivity index (χ2v) is 9.70. The molecule has 2 amide bonds. The molecule has 0 saturated carbocycles. The highest BCUT2D eigenvalue weighted by atomic mass is 35.5. The minimum Gasteiger partial charge on any atom is -0.345 e. The molecule has 2 fully saturated rings. The number of carbonyl (C=O) groups is 2. The summed E-state index contributed by atoms with van der Waals surface area (Å²) in [4.78, 5) is 29.9. The van der Waals surface area contributed by atoms with E-state index in [0.717, 1.165) is 37.4 Å². The van der Waals surface area contributed by atoms with E-state index >= 15 is 0 Å². The lowest BCUT2D eigenvalue weighted by Crippen LogP contribution is -2.65. The zero-order valence-electron chi connectivity index (χ0n) is 16.7. The average molecular weight is 442 g/mol. The monoisotopic (exact) mass is 441 g/mol. The molecule has 0 spiro atoms. The molecule has 1 N–H and O–H groups in total. The number of carbonyl (C=O) groups excluding carboxylic acids is 2. The maximum atomic E-state index is 12.3. The quantitative estimate of drug-likeness (QED) is 0.782. The van der Waals surface area contributed by atoms with E-state index in [4.69, 9.17) is 11.6 Å². The Balaban J connectivity index is 1.42. The smallest absolute Gasteiger partial charge is 0.244 e. The highest BCUT2D eigenvalue weighted by molar-refractivity contribution is 7.10. The fraction of sp³-hybridized carbons (Fsp3) is 0.391. The Kier molecular flexibility index (Phi) is 5.39. The van der Waals surface area contributed by atoms with Gasteiger partial charge in [-0.25, -0.2) is 0 Å². The maximum Gasteiger partial charge on any atom is 0.244 e. The van der Waals surface area contributed by atoms with Crippen LogP contribution in [0, 0.1) is 0 Å². The van der Waals surface area contributed by atoms with Crippen molar-refractivity contribution in [3.8, 4) is 0 Å². The van der Waals surface area contributed by atoms with Gasteiger partial charge in [0.1, 0.15) is 6.04 Å². The standard InChI is InChI=1S/C23H24ClN3O2S/c24-16-7-5-15(6-8-16)11-21-18(17-3-1-2-4-20(17)30-21)13-26-9-10-27-19(14-26)23(29)25-12-22(27)28/h3-8,19H,1-2,9-14H2,(H,25,29). The summed E-state index contributed by atoms with van der Waals surface area (Å²) in [5.41, 5.74) is 2.62.